The van der Waals surface area contributed by atoms with E-state index in [-0.39, 0.29) is 5.82 Å². The second-order valence-electron chi connectivity index (χ2n) is 9.75. The van der Waals surface area contributed by atoms with Crippen molar-refractivity contribution >= 4 is 34.0 Å². The van der Waals surface area contributed by atoms with Gasteiger partial charge in [0.05, 0.1) is 0 Å². The Labute approximate surface area is 197 Å². The number of fused-ring (bicyclic) bond motifs is 3. The predicted octanol–water partition coefficient (Wildman–Crippen LogP) is 10.0. The maximum atomic E-state index is 15.3. The number of hydrogen-bond acceptors (Lipinski definition) is 2. The van der Waals surface area contributed by atoms with Crippen LogP contribution >= 0.6 is 12.2 Å². The molecule has 0 aliphatic heterocycles. The van der Waals surface area contributed by atoms with Crippen molar-refractivity contribution < 1.29 is 8.81 Å². The monoisotopic (exact) mass is 452 g/mol. The predicted molar refractivity (Wildman–Crippen MR) is 137 cm³/mol. The normalized spacial score (nSPS) is 19.1. The van der Waals surface area contributed by atoms with Crippen LogP contribution in [0.4, 0.5) is 4.39 Å². The fraction of sp³-hybridized carbons (Fsp3) is 0.552. The Morgan fingerprint density at radius 1 is 0.875 bits per heavy atom. The first-order valence-corrected chi connectivity index (χ1v) is 13.2. The van der Waals surface area contributed by atoms with Crippen molar-refractivity contribution in [3.05, 3.63) is 52.0 Å². The Morgan fingerprint density at radius 2 is 1.59 bits per heavy atom. The zero-order valence-electron chi connectivity index (χ0n) is 19.7. The summed E-state index contributed by atoms with van der Waals surface area (Å²) >= 11 is 5.60. The molecular weight excluding hydrogens is 415 g/mol. The summed E-state index contributed by atoms with van der Waals surface area (Å²) in [5.74, 6) is 1.25. The Bertz CT molecular complexity index is 1110. The summed E-state index contributed by atoms with van der Waals surface area (Å²) < 4.78 is 21.6. The first kappa shape index (κ1) is 23.4. The Hall–Kier alpha value is -1.74. The number of aryl methyl sites for hydroxylation is 1. The van der Waals surface area contributed by atoms with Gasteiger partial charge in [0.25, 0.3) is 0 Å². The maximum absolute atomic E-state index is 15.3. The summed E-state index contributed by atoms with van der Waals surface area (Å²) in [4.78, 5) is 0. The van der Waals surface area contributed by atoms with E-state index in [0.717, 1.165) is 46.9 Å². The first-order chi connectivity index (χ1) is 15.6. The molecule has 1 aliphatic rings. The molecule has 3 heteroatoms. The molecule has 0 bridgehead atoms. The largest absolute Gasteiger partial charge is 0.441 e. The molecule has 0 N–H and O–H groups in total. The van der Waals surface area contributed by atoms with Crippen LogP contribution in [0.3, 0.4) is 0 Å². The van der Waals surface area contributed by atoms with Crippen LogP contribution in [-0.2, 0) is 6.42 Å². The minimum Gasteiger partial charge on any atom is -0.441 e. The minimum atomic E-state index is -0.231. The second kappa shape index (κ2) is 10.9. The lowest BCUT2D eigenvalue weighted by molar-refractivity contribution is 0.319. The fourth-order valence-electron chi connectivity index (χ4n) is 5.47. The number of hydrogen-bond donors (Lipinski definition) is 0. The molecular formula is C29H37FOS. The Balaban J connectivity index is 1.57. The van der Waals surface area contributed by atoms with Crippen LogP contribution in [0.25, 0.3) is 21.7 Å². The molecule has 0 spiro atoms. The van der Waals surface area contributed by atoms with E-state index in [1.807, 2.05) is 12.1 Å². The number of halogens is 1. The molecule has 1 heterocycles. The van der Waals surface area contributed by atoms with Crippen molar-refractivity contribution in [1.29, 1.82) is 0 Å². The molecule has 32 heavy (non-hydrogen) atoms. The molecule has 172 valence electrons. The zero-order valence-corrected chi connectivity index (χ0v) is 20.5. The van der Waals surface area contributed by atoms with E-state index in [2.05, 4.69) is 32.0 Å². The number of unbranched alkanes of at least 4 members (excludes halogenated alkanes) is 5. The van der Waals surface area contributed by atoms with Crippen LogP contribution < -0.4 is 0 Å². The second-order valence-corrected chi connectivity index (χ2v) is 10.1. The highest BCUT2D eigenvalue weighted by Crippen LogP contribution is 2.39. The van der Waals surface area contributed by atoms with Crippen molar-refractivity contribution in [1.82, 2.24) is 0 Å². The third kappa shape index (κ3) is 5.09. The minimum absolute atomic E-state index is 0.231. The molecule has 0 saturated heterocycles. The molecule has 1 saturated carbocycles. The standard InChI is InChI=1S/C29H37FOS/c1-3-5-6-7-8-9-10-22-15-18-25-24-17-16-23(21-13-11-20(4-2)12-14-21)19-26(24)29(32)31-28(25)27(22)30/h15-21H,3-14H2,1-2H3. The van der Waals surface area contributed by atoms with Crippen LogP contribution in [0.2, 0.25) is 0 Å². The van der Waals surface area contributed by atoms with Gasteiger partial charge in [-0.15, -0.1) is 0 Å². The van der Waals surface area contributed by atoms with E-state index in [0.29, 0.717) is 16.2 Å². The lowest BCUT2D eigenvalue weighted by atomic mass is 9.77. The van der Waals surface area contributed by atoms with Crippen molar-refractivity contribution in [2.45, 2.75) is 96.8 Å². The third-order valence-corrected chi connectivity index (χ3v) is 7.92. The molecule has 1 aromatic heterocycles. The van der Waals surface area contributed by atoms with Crippen LogP contribution in [0.15, 0.2) is 34.7 Å². The number of rotatable bonds is 9. The molecule has 1 nitrogen and oxygen atoms in total. The van der Waals surface area contributed by atoms with Gasteiger partial charge in [-0.05, 0) is 85.2 Å². The van der Waals surface area contributed by atoms with E-state index in [1.165, 1.54) is 63.4 Å². The summed E-state index contributed by atoms with van der Waals surface area (Å²) in [6.07, 6.45) is 14.4. The topological polar surface area (TPSA) is 13.1 Å². The molecule has 0 atom stereocenters. The van der Waals surface area contributed by atoms with Gasteiger partial charge in [0.1, 0.15) is 0 Å². The highest BCUT2D eigenvalue weighted by molar-refractivity contribution is 7.71. The van der Waals surface area contributed by atoms with Gasteiger partial charge in [-0.25, -0.2) is 4.39 Å². The van der Waals surface area contributed by atoms with Gasteiger partial charge in [-0.1, -0.05) is 76.6 Å². The van der Waals surface area contributed by atoms with Gasteiger partial charge in [-0.2, -0.15) is 0 Å². The average molecular weight is 453 g/mol. The molecule has 0 unspecified atom stereocenters. The summed E-state index contributed by atoms with van der Waals surface area (Å²) in [6, 6.07) is 10.5. The molecule has 4 rings (SSSR count). The van der Waals surface area contributed by atoms with Crippen LogP contribution in [0.1, 0.15) is 102 Å². The van der Waals surface area contributed by atoms with Gasteiger partial charge in [0.2, 0.25) is 0 Å². The van der Waals surface area contributed by atoms with Crippen molar-refractivity contribution in [3.63, 3.8) is 0 Å². The van der Waals surface area contributed by atoms with Gasteiger partial charge in [-0.3, -0.25) is 0 Å². The lowest BCUT2D eigenvalue weighted by Gasteiger charge is -2.28. The highest BCUT2D eigenvalue weighted by atomic mass is 32.1. The smallest absolute Gasteiger partial charge is 0.198 e. The Kier molecular flexibility index (Phi) is 7.99. The third-order valence-electron chi connectivity index (χ3n) is 7.62. The average Bonchev–Trinajstić information content (AvgIpc) is 2.83. The summed E-state index contributed by atoms with van der Waals surface area (Å²) in [5.41, 5.74) is 2.42. The fourth-order valence-corrected chi connectivity index (χ4v) is 5.72. The quantitative estimate of drug-likeness (QED) is 0.182. The molecule has 1 aliphatic carbocycles. The molecule has 0 amide bonds. The maximum Gasteiger partial charge on any atom is 0.198 e. The van der Waals surface area contributed by atoms with Gasteiger partial charge < -0.3 is 4.42 Å². The van der Waals surface area contributed by atoms with E-state index >= 15 is 4.39 Å². The Morgan fingerprint density at radius 3 is 2.34 bits per heavy atom. The van der Waals surface area contributed by atoms with Crippen molar-refractivity contribution in [2.24, 2.45) is 5.92 Å². The van der Waals surface area contributed by atoms with Gasteiger partial charge in [0, 0.05) is 10.8 Å². The number of benzene rings is 2. The summed E-state index contributed by atoms with van der Waals surface area (Å²) in [6.45, 7) is 4.53. The zero-order chi connectivity index (χ0) is 22.5. The van der Waals surface area contributed by atoms with Crippen LogP contribution in [0, 0.1) is 16.4 Å². The highest BCUT2D eigenvalue weighted by Gasteiger charge is 2.22. The molecule has 0 radical (unpaired) electrons. The summed E-state index contributed by atoms with van der Waals surface area (Å²) in [5, 5.41) is 2.79. The van der Waals surface area contributed by atoms with Gasteiger partial charge in [0.15, 0.2) is 16.1 Å². The van der Waals surface area contributed by atoms with E-state index in [1.54, 1.807) is 0 Å². The SMILES string of the molecule is CCCCCCCCc1ccc2c(oc(=S)c3cc(C4CCC(CC)CC4)ccc32)c1F. The molecule has 2 aromatic carbocycles. The van der Waals surface area contributed by atoms with Crippen LogP contribution in [0.5, 0.6) is 0 Å². The molecule has 1 fully saturated rings. The summed E-state index contributed by atoms with van der Waals surface area (Å²) in [7, 11) is 0. The van der Waals surface area contributed by atoms with Crippen molar-refractivity contribution in [2.75, 3.05) is 0 Å². The van der Waals surface area contributed by atoms with E-state index in [9.17, 15) is 0 Å². The van der Waals surface area contributed by atoms with Gasteiger partial charge >= 0.3 is 0 Å². The van der Waals surface area contributed by atoms with E-state index in [4.69, 9.17) is 16.6 Å². The first-order valence-electron chi connectivity index (χ1n) is 12.8. The van der Waals surface area contributed by atoms with Crippen LogP contribution in [-0.4, -0.2) is 0 Å². The van der Waals surface area contributed by atoms with E-state index < -0.39 is 0 Å². The lowest BCUT2D eigenvalue weighted by Crippen LogP contribution is -2.12. The molecule has 3 aromatic rings. The van der Waals surface area contributed by atoms with Crippen molar-refractivity contribution in [3.8, 4) is 0 Å².